The zero-order valence-corrected chi connectivity index (χ0v) is 18.7. The summed E-state index contributed by atoms with van der Waals surface area (Å²) in [5, 5.41) is 9.50. The molecular formula is C26H37N3O. The highest BCUT2D eigenvalue weighted by Crippen LogP contribution is 2.29. The van der Waals surface area contributed by atoms with E-state index in [2.05, 4.69) is 78.3 Å². The maximum Gasteiger partial charge on any atom is 0.315 e. The van der Waals surface area contributed by atoms with Gasteiger partial charge in [0.15, 0.2) is 0 Å². The van der Waals surface area contributed by atoms with E-state index < -0.39 is 0 Å². The summed E-state index contributed by atoms with van der Waals surface area (Å²) in [6.07, 6.45) is 5.33. The summed E-state index contributed by atoms with van der Waals surface area (Å²) in [5.74, 6) is 1.07. The van der Waals surface area contributed by atoms with Crippen LogP contribution in [0.4, 0.5) is 4.79 Å². The predicted molar refractivity (Wildman–Crippen MR) is 125 cm³/mol. The van der Waals surface area contributed by atoms with E-state index in [0.717, 1.165) is 38.6 Å². The van der Waals surface area contributed by atoms with E-state index >= 15 is 0 Å². The largest absolute Gasteiger partial charge is 0.338 e. The Kier molecular flexibility index (Phi) is 8.32. The highest BCUT2D eigenvalue weighted by atomic mass is 16.2. The molecule has 0 aliphatic heterocycles. The van der Waals surface area contributed by atoms with Crippen molar-refractivity contribution in [1.82, 2.24) is 16.0 Å². The summed E-state index contributed by atoms with van der Waals surface area (Å²) in [6.45, 7) is 5.90. The maximum absolute atomic E-state index is 12.5. The van der Waals surface area contributed by atoms with Crippen molar-refractivity contribution in [2.75, 3.05) is 13.6 Å². The van der Waals surface area contributed by atoms with Gasteiger partial charge in [0.2, 0.25) is 0 Å². The number of nitrogens with one attached hydrogen (secondary N) is 3. The molecule has 0 saturated carbocycles. The van der Waals surface area contributed by atoms with Gasteiger partial charge in [0.05, 0.1) is 0 Å². The maximum atomic E-state index is 12.5. The van der Waals surface area contributed by atoms with Gasteiger partial charge in [-0.3, -0.25) is 0 Å². The lowest BCUT2D eigenvalue weighted by atomic mass is 9.93. The van der Waals surface area contributed by atoms with Gasteiger partial charge in [-0.2, -0.15) is 0 Å². The van der Waals surface area contributed by atoms with Crippen LogP contribution in [0.3, 0.4) is 0 Å². The van der Waals surface area contributed by atoms with Gasteiger partial charge in [-0.15, -0.1) is 0 Å². The molecule has 2 atom stereocenters. The monoisotopic (exact) mass is 407 g/mol. The predicted octanol–water partition coefficient (Wildman–Crippen LogP) is 4.47. The number of hydrogen-bond acceptors (Lipinski definition) is 2. The highest BCUT2D eigenvalue weighted by Gasteiger charge is 2.23. The van der Waals surface area contributed by atoms with Crippen LogP contribution in [0.5, 0.6) is 0 Å². The Balaban J connectivity index is 1.42. The SMILES string of the molecule is CC[C@H](CNC(=O)N[C@@H](C)CC1Cc2ccccc2C1)Cc1ccccc1CNC. The summed E-state index contributed by atoms with van der Waals surface area (Å²) in [4.78, 5) is 12.5. The van der Waals surface area contributed by atoms with Crippen LogP contribution in [0.2, 0.25) is 0 Å². The van der Waals surface area contributed by atoms with Crippen LogP contribution in [0.25, 0.3) is 0 Å². The van der Waals surface area contributed by atoms with Gasteiger partial charge < -0.3 is 16.0 Å². The van der Waals surface area contributed by atoms with Crippen molar-refractivity contribution in [2.24, 2.45) is 11.8 Å². The number of hydrogen-bond donors (Lipinski definition) is 3. The third kappa shape index (κ3) is 6.33. The van der Waals surface area contributed by atoms with Crippen molar-refractivity contribution < 1.29 is 4.79 Å². The summed E-state index contributed by atoms with van der Waals surface area (Å²) < 4.78 is 0. The molecule has 2 aromatic carbocycles. The number of carbonyl (C=O) groups excluding carboxylic acids is 1. The van der Waals surface area contributed by atoms with E-state index in [1.807, 2.05) is 7.05 Å². The fraction of sp³-hybridized carbons (Fsp3) is 0.500. The van der Waals surface area contributed by atoms with E-state index in [1.54, 1.807) is 0 Å². The van der Waals surface area contributed by atoms with Gasteiger partial charge in [0.1, 0.15) is 0 Å². The molecule has 0 heterocycles. The lowest BCUT2D eigenvalue weighted by molar-refractivity contribution is 0.233. The molecule has 3 N–H and O–H groups in total. The molecule has 4 heteroatoms. The van der Waals surface area contributed by atoms with Crippen molar-refractivity contribution in [3.8, 4) is 0 Å². The Morgan fingerprint density at radius 2 is 1.67 bits per heavy atom. The second-order valence-corrected chi connectivity index (χ2v) is 8.81. The minimum Gasteiger partial charge on any atom is -0.338 e. The van der Waals surface area contributed by atoms with Gasteiger partial charge in [-0.05, 0) is 73.7 Å². The lowest BCUT2D eigenvalue weighted by Crippen LogP contribution is -2.43. The van der Waals surface area contributed by atoms with E-state index in [9.17, 15) is 4.79 Å². The molecule has 0 fully saturated rings. The Labute approximate surface area is 181 Å². The Morgan fingerprint density at radius 3 is 2.30 bits per heavy atom. The Morgan fingerprint density at radius 1 is 1.03 bits per heavy atom. The topological polar surface area (TPSA) is 53.2 Å². The Bertz CT molecular complexity index is 794. The third-order valence-electron chi connectivity index (χ3n) is 6.32. The van der Waals surface area contributed by atoms with Gasteiger partial charge >= 0.3 is 6.03 Å². The fourth-order valence-corrected chi connectivity index (χ4v) is 4.68. The molecule has 30 heavy (non-hydrogen) atoms. The standard InChI is InChI=1S/C26H37N3O/c1-4-20(14-24-11-7-8-12-25(24)18-27-3)17-28-26(30)29-19(2)13-21-15-22-9-5-6-10-23(22)16-21/h5-12,19-21,27H,4,13-18H2,1-3H3,(H2,28,29,30)/t19-,20-/m0/s1. The molecule has 0 radical (unpaired) electrons. The smallest absolute Gasteiger partial charge is 0.315 e. The molecule has 0 bridgehead atoms. The number of benzene rings is 2. The van der Waals surface area contributed by atoms with Crippen molar-refractivity contribution in [1.29, 1.82) is 0 Å². The second kappa shape index (κ2) is 11.2. The molecule has 2 amide bonds. The van der Waals surface area contributed by atoms with E-state index in [4.69, 9.17) is 0 Å². The molecule has 1 aliphatic carbocycles. The van der Waals surface area contributed by atoms with Crippen molar-refractivity contribution in [2.45, 2.75) is 58.5 Å². The zero-order chi connectivity index (χ0) is 21.3. The third-order valence-corrected chi connectivity index (χ3v) is 6.32. The number of urea groups is 1. The fourth-order valence-electron chi connectivity index (χ4n) is 4.68. The first-order valence-electron chi connectivity index (χ1n) is 11.4. The minimum atomic E-state index is -0.0417. The molecule has 162 valence electrons. The van der Waals surface area contributed by atoms with Gasteiger partial charge in [0.25, 0.3) is 0 Å². The van der Waals surface area contributed by atoms with Gasteiger partial charge in [-0.1, -0.05) is 61.9 Å². The minimum absolute atomic E-state index is 0.0417. The quantitative estimate of drug-likeness (QED) is 0.544. The summed E-state index contributed by atoms with van der Waals surface area (Å²) in [5.41, 5.74) is 5.66. The highest BCUT2D eigenvalue weighted by molar-refractivity contribution is 5.74. The van der Waals surface area contributed by atoms with Crippen LogP contribution in [0.1, 0.15) is 48.9 Å². The number of fused-ring (bicyclic) bond motifs is 1. The summed E-state index contributed by atoms with van der Waals surface area (Å²) in [7, 11) is 1.98. The summed E-state index contributed by atoms with van der Waals surface area (Å²) >= 11 is 0. The van der Waals surface area contributed by atoms with Crippen LogP contribution in [-0.4, -0.2) is 25.7 Å². The van der Waals surface area contributed by atoms with Crippen LogP contribution < -0.4 is 16.0 Å². The molecule has 0 saturated heterocycles. The zero-order valence-electron chi connectivity index (χ0n) is 18.7. The van der Waals surface area contributed by atoms with Crippen LogP contribution in [-0.2, 0) is 25.8 Å². The van der Waals surface area contributed by atoms with Crippen LogP contribution in [0.15, 0.2) is 48.5 Å². The van der Waals surface area contributed by atoms with Gasteiger partial charge in [0, 0.05) is 19.1 Å². The normalized spacial score (nSPS) is 15.4. The van der Waals surface area contributed by atoms with Gasteiger partial charge in [-0.25, -0.2) is 4.79 Å². The lowest BCUT2D eigenvalue weighted by Gasteiger charge is -2.21. The molecule has 0 unspecified atom stereocenters. The van der Waals surface area contributed by atoms with Crippen LogP contribution >= 0.6 is 0 Å². The average molecular weight is 408 g/mol. The average Bonchev–Trinajstić information content (AvgIpc) is 3.14. The molecule has 4 nitrogen and oxygen atoms in total. The molecule has 0 aromatic heterocycles. The van der Waals surface area contributed by atoms with E-state index in [1.165, 1.54) is 22.3 Å². The van der Waals surface area contributed by atoms with Crippen LogP contribution in [0, 0.1) is 11.8 Å². The number of rotatable bonds is 10. The molecule has 0 spiro atoms. The van der Waals surface area contributed by atoms with Crippen molar-refractivity contribution in [3.05, 3.63) is 70.8 Å². The molecular weight excluding hydrogens is 370 g/mol. The molecule has 3 rings (SSSR count). The van der Waals surface area contributed by atoms with E-state index in [-0.39, 0.29) is 12.1 Å². The summed E-state index contributed by atoms with van der Waals surface area (Å²) in [6, 6.07) is 17.4. The molecule has 2 aromatic rings. The second-order valence-electron chi connectivity index (χ2n) is 8.81. The first kappa shape index (κ1) is 22.4. The number of carbonyl (C=O) groups is 1. The first-order chi connectivity index (χ1) is 14.6. The first-order valence-corrected chi connectivity index (χ1v) is 11.4. The number of amides is 2. The van der Waals surface area contributed by atoms with E-state index in [0.29, 0.717) is 18.4 Å². The molecule has 1 aliphatic rings. The van der Waals surface area contributed by atoms with Crippen molar-refractivity contribution >= 4 is 6.03 Å². The van der Waals surface area contributed by atoms with Crippen molar-refractivity contribution in [3.63, 3.8) is 0 Å². The Hall–Kier alpha value is -2.33.